The highest BCUT2D eigenvalue weighted by atomic mass is 32.2. The third-order valence-electron chi connectivity index (χ3n) is 3.07. The first-order valence-electron chi connectivity index (χ1n) is 6.90. The van der Waals surface area contributed by atoms with Crippen LogP contribution in [0.3, 0.4) is 0 Å². The lowest BCUT2D eigenvalue weighted by Gasteiger charge is -2.23. The molecule has 2 unspecified atom stereocenters. The van der Waals surface area contributed by atoms with Crippen molar-refractivity contribution in [2.24, 2.45) is 11.8 Å². The van der Waals surface area contributed by atoms with Gasteiger partial charge in [-0.3, -0.25) is 0 Å². The summed E-state index contributed by atoms with van der Waals surface area (Å²) in [5.41, 5.74) is 1.42. The van der Waals surface area contributed by atoms with Crippen LogP contribution < -0.4 is 5.32 Å². The van der Waals surface area contributed by atoms with Crippen LogP contribution in [0.25, 0.3) is 0 Å². The maximum atomic E-state index is 3.74. The van der Waals surface area contributed by atoms with E-state index in [-0.39, 0.29) is 0 Å². The molecule has 0 saturated heterocycles. The van der Waals surface area contributed by atoms with Gasteiger partial charge in [-0.25, -0.2) is 0 Å². The van der Waals surface area contributed by atoms with Crippen molar-refractivity contribution in [3.8, 4) is 0 Å². The third kappa shape index (κ3) is 5.92. The molecule has 2 heteroatoms. The zero-order chi connectivity index (χ0) is 13.4. The second-order valence-electron chi connectivity index (χ2n) is 5.56. The lowest BCUT2D eigenvalue weighted by Crippen LogP contribution is -2.28. The van der Waals surface area contributed by atoms with Crippen LogP contribution in [0.15, 0.2) is 30.3 Å². The lowest BCUT2D eigenvalue weighted by atomic mass is 9.96. The summed E-state index contributed by atoms with van der Waals surface area (Å²) < 4.78 is 0. The molecule has 0 aliphatic heterocycles. The smallest absolute Gasteiger partial charge is 0.0322 e. The summed E-state index contributed by atoms with van der Waals surface area (Å²) in [7, 11) is 0. The van der Waals surface area contributed by atoms with Crippen LogP contribution in [-0.2, 0) is 0 Å². The average Bonchev–Trinajstić information content (AvgIpc) is 2.35. The van der Waals surface area contributed by atoms with Crippen LogP contribution in [0, 0.1) is 11.8 Å². The molecule has 102 valence electrons. The highest BCUT2D eigenvalue weighted by molar-refractivity contribution is 7.98. The molecule has 2 atom stereocenters. The maximum absolute atomic E-state index is 3.74. The molecule has 1 aromatic rings. The largest absolute Gasteiger partial charge is 0.310 e. The van der Waals surface area contributed by atoms with E-state index >= 15 is 0 Å². The number of hydrogen-bond acceptors (Lipinski definition) is 2. The summed E-state index contributed by atoms with van der Waals surface area (Å²) in [4.78, 5) is 0. The molecule has 1 N–H and O–H groups in total. The Morgan fingerprint density at radius 2 is 1.78 bits per heavy atom. The number of nitrogens with one attached hydrogen (secondary N) is 1. The molecule has 0 spiro atoms. The Balaban J connectivity index is 2.56. The van der Waals surface area contributed by atoms with Crippen molar-refractivity contribution < 1.29 is 0 Å². The number of thioether (sulfide) groups is 1. The monoisotopic (exact) mass is 265 g/mol. The molecule has 0 saturated carbocycles. The summed E-state index contributed by atoms with van der Waals surface area (Å²) in [6.07, 6.45) is 3.38. The maximum Gasteiger partial charge on any atom is 0.0322 e. The van der Waals surface area contributed by atoms with Crippen molar-refractivity contribution in [1.29, 1.82) is 0 Å². The Morgan fingerprint density at radius 1 is 1.11 bits per heavy atom. The molecule has 0 aromatic heterocycles. The van der Waals surface area contributed by atoms with Gasteiger partial charge in [-0.15, -0.1) is 0 Å². The van der Waals surface area contributed by atoms with E-state index in [1.807, 2.05) is 11.8 Å². The first-order valence-corrected chi connectivity index (χ1v) is 8.30. The molecule has 0 heterocycles. The summed E-state index contributed by atoms with van der Waals surface area (Å²) >= 11 is 1.93. The quantitative estimate of drug-likeness (QED) is 0.749. The summed E-state index contributed by atoms with van der Waals surface area (Å²) in [5, 5.41) is 3.74. The molecule has 1 nitrogen and oxygen atoms in total. The predicted molar refractivity (Wildman–Crippen MR) is 84.2 cm³/mol. The van der Waals surface area contributed by atoms with E-state index in [1.54, 1.807) is 0 Å². The summed E-state index contributed by atoms with van der Waals surface area (Å²) in [6, 6.07) is 11.3. The van der Waals surface area contributed by atoms with Gasteiger partial charge in [-0.05, 0) is 42.4 Å². The highest BCUT2D eigenvalue weighted by Crippen LogP contribution is 2.21. The van der Waals surface area contributed by atoms with Crippen LogP contribution in [0.5, 0.6) is 0 Å². The van der Waals surface area contributed by atoms with Gasteiger partial charge in [0, 0.05) is 6.04 Å². The van der Waals surface area contributed by atoms with Gasteiger partial charge in [-0.1, -0.05) is 51.1 Å². The van der Waals surface area contributed by atoms with Crippen molar-refractivity contribution in [3.63, 3.8) is 0 Å². The standard InChI is InChI=1S/C16H27NS/c1-13(2)10-16(15-8-6-5-7-9-15)17-11-14(3)12-18-4/h5-9,13-14,16-17H,10-12H2,1-4H3. The third-order valence-corrected chi connectivity index (χ3v) is 3.98. The van der Waals surface area contributed by atoms with Crippen LogP contribution in [0.2, 0.25) is 0 Å². The number of benzene rings is 1. The zero-order valence-electron chi connectivity index (χ0n) is 12.1. The van der Waals surface area contributed by atoms with E-state index in [0.717, 1.165) is 18.4 Å². The van der Waals surface area contributed by atoms with E-state index in [9.17, 15) is 0 Å². The van der Waals surface area contributed by atoms with Gasteiger partial charge in [0.2, 0.25) is 0 Å². The summed E-state index contributed by atoms with van der Waals surface area (Å²) in [5.74, 6) is 2.69. The normalized spacial score (nSPS) is 14.7. The Kier molecular flexibility index (Phi) is 7.45. The second-order valence-corrected chi connectivity index (χ2v) is 6.47. The highest BCUT2D eigenvalue weighted by Gasteiger charge is 2.13. The first-order chi connectivity index (χ1) is 8.63. The van der Waals surface area contributed by atoms with Gasteiger partial charge in [0.05, 0.1) is 0 Å². The minimum atomic E-state index is 0.496. The van der Waals surface area contributed by atoms with Gasteiger partial charge >= 0.3 is 0 Å². The Labute approximate surface area is 117 Å². The molecule has 1 rings (SSSR count). The van der Waals surface area contributed by atoms with E-state index < -0.39 is 0 Å². The fraction of sp³-hybridized carbons (Fsp3) is 0.625. The van der Waals surface area contributed by atoms with Crippen LogP contribution in [0.1, 0.15) is 38.8 Å². The van der Waals surface area contributed by atoms with Crippen molar-refractivity contribution in [2.45, 2.75) is 33.2 Å². The van der Waals surface area contributed by atoms with Gasteiger partial charge in [0.15, 0.2) is 0 Å². The van der Waals surface area contributed by atoms with Crippen molar-refractivity contribution in [1.82, 2.24) is 5.32 Å². The Morgan fingerprint density at radius 3 is 2.33 bits per heavy atom. The molecule has 0 fully saturated rings. The van der Waals surface area contributed by atoms with E-state index in [1.165, 1.54) is 17.7 Å². The molecule has 0 radical (unpaired) electrons. The molecule has 0 aliphatic carbocycles. The minimum absolute atomic E-state index is 0.496. The molecule has 1 aromatic carbocycles. The zero-order valence-corrected chi connectivity index (χ0v) is 13.0. The fourth-order valence-corrected chi connectivity index (χ4v) is 2.87. The van der Waals surface area contributed by atoms with Crippen molar-refractivity contribution in [2.75, 3.05) is 18.6 Å². The first kappa shape index (κ1) is 15.6. The van der Waals surface area contributed by atoms with Crippen LogP contribution >= 0.6 is 11.8 Å². The SMILES string of the molecule is CSCC(C)CNC(CC(C)C)c1ccccc1. The molecule has 18 heavy (non-hydrogen) atoms. The minimum Gasteiger partial charge on any atom is -0.310 e. The fourth-order valence-electron chi connectivity index (χ4n) is 2.18. The van der Waals surface area contributed by atoms with Gasteiger partial charge < -0.3 is 5.32 Å². The van der Waals surface area contributed by atoms with Gasteiger partial charge in [0.25, 0.3) is 0 Å². The van der Waals surface area contributed by atoms with E-state index in [4.69, 9.17) is 0 Å². The van der Waals surface area contributed by atoms with Gasteiger partial charge in [0.1, 0.15) is 0 Å². The lowest BCUT2D eigenvalue weighted by molar-refractivity contribution is 0.407. The second kappa shape index (κ2) is 8.60. The molecular formula is C16H27NS. The topological polar surface area (TPSA) is 12.0 Å². The van der Waals surface area contributed by atoms with E-state index in [0.29, 0.717) is 6.04 Å². The van der Waals surface area contributed by atoms with Crippen molar-refractivity contribution in [3.05, 3.63) is 35.9 Å². The van der Waals surface area contributed by atoms with Crippen LogP contribution in [0.4, 0.5) is 0 Å². The van der Waals surface area contributed by atoms with Crippen LogP contribution in [-0.4, -0.2) is 18.6 Å². The molecular weight excluding hydrogens is 238 g/mol. The Hall–Kier alpha value is -0.470. The predicted octanol–water partition coefficient (Wildman–Crippen LogP) is 4.36. The average molecular weight is 265 g/mol. The Bertz CT molecular complexity index is 310. The summed E-state index contributed by atoms with van der Waals surface area (Å²) in [6.45, 7) is 8.01. The number of hydrogen-bond donors (Lipinski definition) is 1. The van der Waals surface area contributed by atoms with Crippen molar-refractivity contribution >= 4 is 11.8 Å². The molecule has 0 amide bonds. The van der Waals surface area contributed by atoms with Gasteiger partial charge in [-0.2, -0.15) is 11.8 Å². The van der Waals surface area contributed by atoms with E-state index in [2.05, 4.69) is 62.7 Å². The number of rotatable bonds is 8. The molecule has 0 aliphatic rings. The molecule has 0 bridgehead atoms.